The van der Waals surface area contributed by atoms with E-state index in [1.165, 1.54) is 4.31 Å². The Morgan fingerprint density at radius 2 is 2.26 bits per heavy atom. The number of hydrogen-bond donors (Lipinski definition) is 2. The molecule has 2 N–H and O–H groups in total. The molecule has 1 aliphatic heterocycles. The van der Waals surface area contributed by atoms with Crippen LogP contribution in [-0.2, 0) is 16.6 Å². The van der Waals surface area contributed by atoms with Gasteiger partial charge in [0.25, 0.3) is 0 Å². The number of nitrogens with one attached hydrogen (secondary N) is 2. The Kier molecular flexibility index (Phi) is 4.38. The minimum absolute atomic E-state index is 0.323. The van der Waals surface area contributed by atoms with Gasteiger partial charge >= 0.3 is 0 Å². The third-order valence-electron chi connectivity index (χ3n) is 3.12. The lowest BCUT2D eigenvalue weighted by molar-refractivity contribution is 0.436. The van der Waals surface area contributed by atoms with Gasteiger partial charge in [-0.25, -0.2) is 8.42 Å². The lowest BCUT2D eigenvalue weighted by Crippen LogP contribution is -2.34. The van der Waals surface area contributed by atoms with Crippen LogP contribution in [0, 0.1) is 6.92 Å². The Bertz CT molecular complexity index is 562. The summed E-state index contributed by atoms with van der Waals surface area (Å²) in [5.41, 5.74) is 1.16. The highest BCUT2D eigenvalue weighted by Gasteiger charge is 2.30. The van der Waals surface area contributed by atoms with Gasteiger partial charge < -0.3 is 5.32 Å². The fraction of sp³-hybridized carbons (Fsp3) is 0.583. The molecule has 2 rings (SSSR count). The Labute approximate surface area is 113 Å². The molecule has 1 aromatic rings. The number of aryl methyl sites for hydroxylation is 1. The molecule has 19 heavy (non-hydrogen) atoms. The van der Waals surface area contributed by atoms with Gasteiger partial charge in [0.15, 0.2) is 0 Å². The van der Waals surface area contributed by atoms with Crippen molar-refractivity contribution in [2.24, 2.45) is 0 Å². The summed E-state index contributed by atoms with van der Waals surface area (Å²) in [6.07, 6.45) is 4.66. The van der Waals surface area contributed by atoms with Crippen LogP contribution in [0.1, 0.15) is 24.7 Å². The quantitative estimate of drug-likeness (QED) is 0.783. The molecule has 106 valence electrons. The first kappa shape index (κ1) is 14.2. The highest BCUT2D eigenvalue weighted by Crippen LogP contribution is 2.23. The average Bonchev–Trinajstić information content (AvgIpc) is 2.79. The van der Waals surface area contributed by atoms with E-state index in [0.717, 1.165) is 13.0 Å². The molecule has 0 spiro atoms. The molecule has 7 heteroatoms. The summed E-state index contributed by atoms with van der Waals surface area (Å²) in [6, 6.07) is 0. The van der Waals surface area contributed by atoms with Crippen LogP contribution in [0.25, 0.3) is 0 Å². The molecule has 0 aromatic carbocycles. The summed E-state index contributed by atoms with van der Waals surface area (Å²) in [5.74, 6) is 0. The van der Waals surface area contributed by atoms with E-state index in [1.807, 2.05) is 19.1 Å². The van der Waals surface area contributed by atoms with Gasteiger partial charge in [0.2, 0.25) is 10.0 Å². The molecular formula is C12H20N4O2S. The van der Waals surface area contributed by atoms with Crippen molar-refractivity contribution in [3.05, 3.63) is 23.5 Å². The minimum atomic E-state index is -3.46. The lowest BCUT2D eigenvalue weighted by Gasteiger charge is -2.23. The van der Waals surface area contributed by atoms with Crippen LogP contribution < -0.4 is 5.32 Å². The van der Waals surface area contributed by atoms with Gasteiger partial charge in [0.1, 0.15) is 4.90 Å². The second-order valence-corrected chi connectivity index (χ2v) is 6.40. The van der Waals surface area contributed by atoms with E-state index in [0.29, 0.717) is 35.9 Å². The Balaban J connectivity index is 2.33. The Hall–Kier alpha value is -1.18. The first-order chi connectivity index (χ1) is 9.07. The molecule has 0 bridgehead atoms. The van der Waals surface area contributed by atoms with Crippen molar-refractivity contribution in [1.82, 2.24) is 19.8 Å². The fourth-order valence-electron chi connectivity index (χ4n) is 2.14. The zero-order valence-electron chi connectivity index (χ0n) is 11.3. The van der Waals surface area contributed by atoms with Crippen molar-refractivity contribution in [2.75, 3.05) is 19.6 Å². The van der Waals surface area contributed by atoms with Crippen molar-refractivity contribution in [2.45, 2.75) is 31.7 Å². The average molecular weight is 284 g/mol. The first-order valence-electron chi connectivity index (χ1n) is 6.47. The summed E-state index contributed by atoms with van der Waals surface area (Å²) in [4.78, 5) is 0.323. The molecule has 0 saturated carbocycles. The number of H-pyrrole nitrogens is 1. The molecule has 0 unspecified atom stereocenters. The van der Waals surface area contributed by atoms with Crippen LogP contribution in [0.15, 0.2) is 17.0 Å². The van der Waals surface area contributed by atoms with E-state index in [1.54, 1.807) is 6.92 Å². The van der Waals surface area contributed by atoms with Crippen LogP contribution in [0.2, 0.25) is 0 Å². The number of sulfonamides is 1. The number of rotatable bonds is 5. The number of aromatic amines is 1. The summed E-state index contributed by atoms with van der Waals surface area (Å²) in [7, 11) is -3.46. The van der Waals surface area contributed by atoms with E-state index in [9.17, 15) is 8.42 Å². The van der Waals surface area contributed by atoms with Crippen molar-refractivity contribution in [1.29, 1.82) is 0 Å². The monoisotopic (exact) mass is 284 g/mol. The highest BCUT2D eigenvalue weighted by atomic mass is 32.2. The molecule has 0 radical (unpaired) electrons. The third kappa shape index (κ3) is 2.88. The maximum Gasteiger partial charge on any atom is 0.247 e. The molecule has 2 heterocycles. The van der Waals surface area contributed by atoms with Crippen LogP contribution >= 0.6 is 0 Å². The molecule has 0 aliphatic carbocycles. The smallest absolute Gasteiger partial charge is 0.247 e. The second kappa shape index (κ2) is 5.85. The predicted molar refractivity (Wildman–Crippen MR) is 73.2 cm³/mol. The molecule has 0 fully saturated rings. The van der Waals surface area contributed by atoms with Crippen LogP contribution in [0.4, 0.5) is 0 Å². The van der Waals surface area contributed by atoms with Gasteiger partial charge in [-0.15, -0.1) is 0 Å². The Morgan fingerprint density at radius 1 is 1.47 bits per heavy atom. The summed E-state index contributed by atoms with van der Waals surface area (Å²) in [6.45, 7) is 5.92. The molecule has 1 aromatic heterocycles. The van der Waals surface area contributed by atoms with E-state index < -0.39 is 10.0 Å². The predicted octanol–water partition coefficient (Wildman–Crippen LogP) is 0.778. The number of aromatic nitrogens is 2. The van der Waals surface area contributed by atoms with Gasteiger partial charge in [-0.3, -0.25) is 5.10 Å². The SMILES string of the molecule is CCNCc1n[nH]c(C)c1S(=O)(=O)N1CC=CCC1. The third-order valence-corrected chi connectivity index (χ3v) is 5.19. The van der Waals surface area contributed by atoms with Gasteiger partial charge in [0.05, 0.1) is 11.4 Å². The van der Waals surface area contributed by atoms with E-state index in [2.05, 4.69) is 15.5 Å². The second-order valence-electron chi connectivity index (χ2n) is 4.53. The van der Waals surface area contributed by atoms with Gasteiger partial charge in [0, 0.05) is 19.6 Å². The van der Waals surface area contributed by atoms with Crippen LogP contribution in [0.3, 0.4) is 0 Å². The Morgan fingerprint density at radius 3 is 2.89 bits per heavy atom. The topological polar surface area (TPSA) is 78.1 Å². The standard InChI is InChI=1S/C12H20N4O2S/c1-3-13-9-11-12(10(2)14-15-11)19(17,18)16-7-5-4-6-8-16/h4-5,13H,3,6-9H2,1-2H3,(H,14,15). The lowest BCUT2D eigenvalue weighted by atomic mass is 10.3. The number of nitrogens with zero attached hydrogens (tertiary/aromatic N) is 2. The maximum absolute atomic E-state index is 12.7. The molecule has 6 nitrogen and oxygen atoms in total. The molecular weight excluding hydrogens is 264 g/mol. The highest BCUT2D eigenvalue weighted by molar-refractivity contribution is 7.89. The largest absolute Gasteiger partial charge is 0.311 e. The van der Waals surface area contributed by atoms with Gasteiger partial charge in [-0.1, -0.05) is 19.1 Å². The molecule has 0 amide bonds. The van der Waals surface area contributed by atoms with E-state index >= 15 is 0 Å². The maximum atomic E-state index is 12.7. The molecule has 0 atom stereocenters. The minimum Gasteiger partial charge on any atom is -0.311 e. The zero-order valence-corrected chi connectivity index (χ0v) is 12.1. The van der Waals surface area contributed by atoms with Gasteiger partial charge in [-0.2, -0.15) is 9.40 Å². The molecule has 0 saturated heterocycles. The van der Waals surface area contributed by atoms with E-state index in [-0.39, 0.29) is 0 Å². The molecule has 1 aliphatic rings. The van der Waals surface area contributed by atoms with E-state index in [4.69, 9.17) is 0 Å². The summed E-state index contributed by atoms with van der Waals surface area (Å²) in [5, 5.41) is 9.99. The van der Waals surface area contributed by atoms with Crippen molar-refractivity contribution >= 4 is 10.0 Å². The fourth-order valence-corrected chi connectivity index (χ4v) is 3.88. The zero-order chi connectivity index (χ0) is 13.9. The van der Waals surface area contributed by atoms with Crippen molar-refractivity contribution in [3.63, 3.8) is 0 Å². The normalized spacial score (nSPS) is 16.9. The van der Waals surface area contributed by atoms with Crippen LogP contribution in [0.5, 0.6) is 0 Å². The van der Waals surface area contributed by atoms with Crippen molar-refractivity contribution < 1.29 is 8.42 Å². The van der Waals surface area contributed by atoms with Crippen molar-refractivity contribution in [3.8, 4) is 0 Å². The first-order valence-corrected chi connectivity index (χ1v) is 7.91. The summed E-state index contributed by atoms with van der Waals surface area (Å²) < 4.78 is 26.8. The number of hydrogen-bond acceptors (Lipinski definition) is 4. The van der Waals surface area contributed by atoms with Crippen LogP contribution in [-0.4, -0.2) is 42.6 Å². The van der Waals surface area contributed by atoms with Gasteiger partial charge in [-0.05, 0) is 19.9 Å². The summed E-state index contributed by atoms with van der Waals surface area (Å²) >= 11 is 0.